The van der Waals surface area contributed by atoms with Crippen molar-refractivity contribution < 1.29 is 28.3 Å². The van der Waals surface area contributed by atoms with Gasteiger partial charge in [0.15, 0.2) is 5.78 Å². The van der Waals surface area contributed by atoms with Crippen molar-refractivity contribution in [1.29, 1.82) is 0 Å². The van der Waals surface area contributed by atoms with Gasteiger partial charge in [-0.1, -0.05) is 48.5 Å². The van der Waals surface area contributed by atoms with E-state index in [-0.39, 0.29) is 31.1 Å². The molecule has 0 spiro atoms. The molecule has 0 radical (unpaired) electrons. The van der Waals surface area contributed by atoms with E-state index in [1.807, 2.05) is 30.3 Å². The van der Waals surface area contributed by atoms with Gasteiger partial charge in [0.2, 0.25) is 0 Å². The Morgan fingerprint density at radius 2 is 1.63 bits per heavy atom. The summed E-state index contributed by atoms with van der Waals surface area (Å²) in [6.07, 6.45) is -0.799. The second-order valence-corrected chi connectivity index (χ2v) is 7.66. The first kappa shape index (κ1) is 21.0. The molecular weight excluding hydrogens is 369 g/mol. The van der Waals surface area contributed by atoms with E-state index in [1.54, 1.807) is 32.0 Å². The molecule has 0 aliphatic carbocycles. The van der Waals surface area contributed by atoms with Crippen LogP contribution in [-0.4, -0.2) is 24.4 Å². The standard InChI is InChI=1S/C19H24NO6P/c1-3-25-27(23,26-4-2)18(16-12-8-9-13-17(16)21)20-19(22)24-14-15-10-6-5-7-11-15/h5-13,18,21H,3-4,14H2,1-2H3,(H,20,22). The first-order valence-electron chi connectivity index (χ1n) is 8.64. The lowest BCUT2D eigenvalue weighted by atomic mass is 10.2. The van der Waals surface area contributed by atoms with Gasteiger partial charge in [-0.3, -0.25) is 4.57 Å². The van der Waals surface area contributed by atoms with Gasteiger partial charge in [0, 0.05) is 5.56 Å². The summed E-state index contributed by atoms with van der Waals surface area (Å²) in [5, 5.41) is 12.7. The van der Waals surface area contributed by atoms with E-state index < -0.39 is 19.5 Å². The van der Waals surface area contributed by atoms with Crippen LogP contribution in [0.3, 0.4) is 0 Å². The minimum atomic E-state index is -3.80. The lowest BCUT2D eigenvalue weighted by Gasteiger charge is -2.27. The number of ether oxygens (including phenoxy) is 1. The van der Waals surface area contributed by atoms with E-state index in [9.17, 15) is 14.5 Å². The first-order chi connectivity index (χ1) is 13.0. The maximum atomic E-state index is 13.2. The number of alkyl carbamates (subject to hydrolysis) is 1. The number of aromatic hydroxyl groups is 1. The first-order valence-corrected chi connectivity index (χ1v) is 10.2. The van der Waals surface area contributed by atoms with Crippen LogP contribution in [0.25, 0.3) is 0 Å². The Hall–Kier alpha value is -2.34. The van der Waals surface area contributed by atoms with Crippen molar-refractivity contribution in [2.75, 3.05) is 13.2 Å². The molecule has 2 N–H and O–H groups in total. The Bertz CT molecular complexity index is 773. The fraction of sp³-hybridized carbons (Fsp3) is 0.316. The number of para-hydroxylation sites is 1. The molecule has 0 fully saturated rings. The molecule has 0 heterocycles. The molecule has 0 saturated heterocycles. The van der Waals surface area contributed by atoms with Gasteiger partial charge in [-0.15, -0.1) is 0 Å². The highest BCUT2D eigenvalue weighted by molar-refractivity contribution is 7.54. The molecular formula is C19H24NO6P. The molecule has 1 amide bonds. The van der Waals surface area contributed by atoms with Gasteiger partial charge in [-0.25, -0.2) is 4.79 Å². The maximum absolute atomic E-state index is 13.2. The van der Waals surface area contributed by atoms with E-state index in [2.05, 4.69) is 5.32 Å². The fourth-order valence-electron chi connectivity index (χ4n) is 2.47. The van der Waals surface area contributed by atoms with Gasteiger partial charge in [0.1, 0.15) is 12.4 Å². The number of carbonyl (C=O) groups is 1. The molecule has 2 aromatic rings. The van der Waals surface area contributed by atoms with Crippen LogP contribution in [0.4, 0.5) is 4.79 Å². The number of hydrogen-bond donors (Lipinski definition) is 2. The van der Waals surface area contributed by atoms with Crippen molar-refractivity contribution in [3.05, 3.63) is 65.7 Å². The summed E-state index contributed by atoms with van der Waals surface area (Å²) in [6, 6.07) is 15.4. The van der Waals surface area contributed by atoms with Gasteiger partial charge in [-0.2, -0.15) is 0 Å². The number of benzene rings is 2. The molecule has 2 rings (SSSR count). The molecule has 1 atom stereocenters. The summed E-state index contributed by atoms with van der Waals surface area (Å²) in [7, 11) is -3.80. The van der Waals surface area contributed by atoms with Crippen molar-refractivity contribution in [2.24, 2.45) is 0 Å². The molecule has 146 valence electrons. The molecule has 1 unspecified atom stereocenters. The number of amides is 1. The van der Waals surface area contributed by atoms with Crippen LogP contribution in [0.1, 0.15) is 30.8 Å². The van der Waals surface area contributed by atoms with Crippen LogP contribution >= 0.6 is 7.60 Å². The summed E-state index contributed by atoms with van der Waals surface area (Å²) in [6.45, 7) is 3.61. The largest absolute Gasteiger partial charge is 0.508 e. The van der Waals surface area contributed by atoms with E-state index in [0.717, 1.165) is 5.56 Å². The topological polar surface area (TPSA) is 94.1 Å². The Kier molecular flexibility index (Phi) is 7.85. The summed E-state index contributed by atoms with van der Waals surface area (Å²) < 4.78 is 29.2. The number of phenols is 1. The normalized spacial score (nSPS) is 12.4. The van der Waals surface area contributed by atoms with Crippen LogP contribution in [-0.2, 0) is 25.0 Å². The monoisotopic (exact) mass is 393 g/mol. The number of nitrogens with one attached hydrogen (secondary N) is 1. The van der Waals surface area contributed by atoms with Crippen molar-refractivity contribution in [3.63, 3.8) is 0 Å². The van der Waals surface area contributed by atoms with Crippen LogP contribution in [0.5, 0.6) is 5.75 Å². The number of rotatable bonds is 9. The second-order valence-electron chi connectivity index (χ2n) is 5.54. The quantitative estimate of drug-likeness (QED) is 0.606. The lowest BCUT2D eigenvalue weighted by molar-refractivity contribution is 0.134. The number of phenolic OH excluding ortho intramolecular Hbond substituents is 1. The summed E-state index contributed by atoms with van der Waals surface area (Å²) in [5.74, 6) is -1.34. The average molecular weight is 393 g/mol. The molecule has 0 aliphatic heterocycles. The predicted octanol–water partition coefficient (Wildman–Crippen LogP) is 4.58. The highest BCUT2D eigenvalue weighted by atomic mass is 31.2. The lowest BCUT2D eigenvalue weighted by Crippen LogP contribution is -2.30. The Balaban J connectivity index is 2.22. The van der Waals surface area contributed by atoms with E-state index in [0.29, 0.717) is 0 Å². The van der Waals surface area contributed by atoms with Crippen molar-refractivity contribution in [3.8, 4) is 5.75 Å². The van der Waals surface area contributed by atoms with Gasteiger partial charge >= 0.3 is 13.7 Å². The number of carbonyl (C=O) groups excluding carboxylic acids is 1. The molecule has 0 aromatic heterocycles. The van der Waals surface area contributed by atoms with Gasteiger partial charge in [-0.05, 0) is 25.5 Å². The Morgan fingerprint density at radius 1 is 1.04 bits per heavy atom. The molecule has 27 heavy (non-hydrogen) atoms. The average Bonchev–Trinajstić information content (AvgIpc) is 2.66. The van der Waals surface area contributed by atoms with E-state index >= 15 is 0 Å². The molecule has 7 nitrogen and oxygen atoms in total. The minimum Gasteiger partial charge on any atom is -0.508 e. The zero-order valence-corrected chi connectivity index (χ0v) is 16.2. The smallest absolute Gasteiger partial charge is 0.408 e. The minimum absolute atomic E-state index is 0.0493. The highest BCUT2D eigenvalue weighted by Crippen LogP contribution is 2.60. The van der Waals surface area contributed by atoms with Crippen LogP contribution in [0.2, 0.25) is 0 Å². The SMILES string of the molecule is CCOP(=O)(OCC)C(NC(=O)OCc1ccccc1)c1ccccc1O. The predicted molar refractivity (Wildman–Crippen MR) is 101 cm³/mol. The van der Waals surface area contributed by atoms with Crippen LogP contribution in [0, 0.1) is 0 Å². The maximum Gasteiger partial charge on any atom is 0.408 e. The molecule has 8 heteroatoms. The Labute approximate surface area is 158 Å². The third kappa shape index (κ3) is 5.82. The summed E-state index contributed by atoms with van der Waals surface area (Å²) in [4.78, 5) is 12.3. The third-order valence-corrected chi connectivity index (χ3v) is 5.91. The van der Waals surface area contributed by atoms with Crippen LogP contribution < -0.4 is 5.32 Å². The summed E-state index contributed by atoms with van der Waals surface area (Å²) in [5.41, 5.74) is 1.03. The van der Waals surface area contributed by atoms with Gasteiger partial charge < -0.3 is 24.2 Å². The molecule has 0 saturated carbocycles. The fourth-order valence-corrected chi connectivity index (χ4v) is 4.38. The molecule has 2 aromatic carbocycles. The third-order valence-electron chi connectivity index (χ3n) is 3.63. The van der Waals surface area contributed by atoms with Crippen molar-refractivity contribution >= 4 is 13.7 Å². The van der Waals surface area contributed by atoms with E-state index in [1.165, 1.54) is 6.07 Å². The number of hydrogen-bond acceptors (Lipinski definition) is 6. The van der Waals surface area contributed by atoms with Crippen molar-refractivity contribution in [2.45, 2.75) is 26.2 Å². The Morgan fingerprint density at radius 3 is 2.22 bits per heavy atom. The van der Waals surface area contributed by atoms with Gasteiger partial charge in [0.25, 0.3) is 0 Å². The van der Waals surface area contributed by atoms with Crippen molar-refractivity contribution in [1.82, 2.24) is 5.32 Å². The van der Waals surface area contributed by atoms with Gasteiger partial charge in [0.05, 0.1) is 13.2 Å². The second kappa shape index (κ2) is 10.1. The molecule has 0 aliphatic rings. The zero-order valence-electron chi connectivity index (χ0n) is 15.3. The summed E-state index contributed by atoms with van der Waals surface area (Å²) >= 11 is 0. The zero-order chi connectivity index (χ0) is 19.7. The van der Waals surface area contributed by atoms with Crippen LogP contribution in [0.15, 0.2) is 54.6 Å². The van der Waals surface area contributed by atoms with E-state index in [4.69, 9.17) is 13.8 Å². The highest BCUT2D eigenvalue weighted by Gasteiger charge is 2.40. The molecule has 0 bridgehead atoms.